The minimum absolute atomic E-state index is 0.137. The number of aromatic amines is 1. The topological polar surface area (TPSA) is 101 Å². The minimum atomic E-state index is -0.357. The monoisotopic (exact) mass is 427 g/mol. The van der Waals surface area contributed by atoms with Crippen molar-refractivity contribution in [2.75, 3.05) is 53.6 Å². The smallest absolute Gasteiger partial charge is 0.253 e. The maximum atomic E-state index is 13.2. The van der Waals surface area contributed by atoms with E-state index < -0.39 is 0 Å². The number of likely N-dealkylation sites (N-methyl/N-ethyl adjacent to an activating group) is 1. The highest BCUT2D eigenvalue weighted by Crippen LogP contribution is 2.28. The molecule has 1 aromatic carbocycles. The van der Waals surface area contributed by atoms with Crippen molar-refractivity contribution in [2.45, 2.75) is 19.5 Å². The first-order valence-corrected chi connectivity index (χ1v) is 10.6. The molecule has 10 nitrogen and oxygen atoms in total. The number of nitrogens with zero attached hydrogens (tertiary/aromatic N) is 6. The van der Waals surface area contributed by atoms with E-state index in [0.717, 1.165) is 42.8 Å². The van der Waals surface area contributed by atoms with Crippen molar-refractivity contribution in [3.63, 3.8) is 0 Å². The number of rotatable bonds is 8. The zero-order valence-corrected chi connectivity index (χ0v) is 18.2. The van der Waals surface area contributed by atoms with E-state index in [-0.39, 0.29) is 11.6 Å². The van der Waals surface area contributed by atoms with Gasteiger partial charge in [0.05, 0.1) is 19.8 Å². The molecule has 1 unspecified atom stereocenters. The van der Waals surface area contributed by atoms with Crippen molar-refractivity contribution in [3.8, 4) is 5.75 Å². The first-order valence-electron chi connectivity index (χ1n) is 10.6. The number of piperazine rings is 1. The molecule has 0 amide bonds. The van der Waals surface area contributed by atoms with Crippen molar-refractivity contribution < 1.29 is 9.47 Å². The van der Waals surface area contributed by atoms with Crippen LogP contribution >= 0.6 is 0 Å². The number of nitrogens with one attached hydrogen (secondary N) is 1. The summed E-state index contributed by atoms with van der Waals surface area (Å²) >= 11 is 0. The largest absolute Gasteiger partial charge is 0.494 e. The Bertz CT molecular complexity index is 1070. The highest BCUT2D eigenvalue weighted by Gasteiger charge is 2.32. The van der Waals surface area contributed by atoms with Gasteiger partial charge in [-0.2, -0.15) is 0 Å². The van der Waals surface area contributed by atoms with E-state index in [4.69, 9.17) is 9.47 Å². The molecule has 0 bridgehead atoms. The Morgan fingerprint density at radius 3 is 2.74 bits per heavy atom. The maximum absolute atomic E-state index is 13.2. The lowest BCUT2D eigenvalue weighted by atomic mass is 10.0. The number of benzene rings is 1. The summed E-state index contributed by atoms with van der Waals surface area (Å²) in [6.07, 6.45) is 0. The Hall–Kier alpha value is -2.82. The molecule has 1 fully saturated rings. The van der Waals surface area contributed by atoms with E-state index in [1.807, 2.05) is 31.2 Å². The van der Waals surface area contributed by atoms with Gasteiger partial charge in [-0.05, 0) is 48.7 Å². The second kappa shape index (κ2) is 9.54. The number of tetrazole rings is 1. The number of methoxy groups -OCH3 is 1. The molecule has 31 heavy (non-hydrogen) atoms. The molecule has 1 atom stereocenters. The molecular weight excluding hydrogens is 398 g/mol. The Balaban J connectivity index is 1.81. The summed E-state index contributed by atoms with van der Waals surface area (Å²) in [5.74, 6) is 1.42. The van der Waals surface area contributed by atoms with Gasteiger partial charge in [-0.15, -0.1) is 5.10 Å². The molecule has 0 radical (unpaired) electrons. The van der Waals surface area contributed by atoms with Crippen LogP contribution in [0, 0.1) is 0 Å². The van der Waals surface area contributed by atoms with E-state index in [0.29, 0.717) is 31.1 Å². The van der Waals surface area contributed by atoms with E-state index in [2.05, 4.69) is 37.4 Å². The second-order valence-electron chi connectivity index (χ2n) is 7.73. The molecule has 2 aromatic heterocycles. The molecule has 1 N–H and O–H groups in total. The molecule has 3 heterocycles. The SMILES string of the molecule is CCOc1ccc2[nH]c(=O)c(C(c3nnnn3CCOC)N3CCN(C)CC3)cc2c1. The molecule has 0 spiro atoms. The van der Waals surface area contributed by atoms with Gasteiger partial charge >= 0.3 is 0 Å². The van der Waals surface area contributed by atoms with E-state index in [1.165, 1.54) is 0 Å². The normalized spacial score (nSPS) is 16.6. The Kier molecular flexibility index (Phi) is 6.59. The Morgan fingerprint density at radius 2 is 2.00 bits per heavy atom. The van der Waals surface area contributed by atoms with Crippen LogP contribution in [0.1, 0.15) is 24.4 Å². The Morgan fingerprint density at radius 1 is 1.19 bits per heavy atom. The lowest BCUT2D eigenvalue weighted by Gasteiger charge is -2.37. The van der Waals surface area contributed by atoms with Crippen LogP contribution in [0.2, 0.25) is 0 Å². The van der Waals surface area contributed by atoms with Crippen LogP contribution in [0.25, 0.3) is 10.9 Å². The van der Waals surface area contributed by atoms with Gasteiger partial charge in [-0.3, -0.25) is 9.69 Å². The summed E-state index contributed by atoms with van der Waals surface area (Å²) in [4.78, 5) is 20.8. The van der Waals surface area contributed by atoms with Crippen LogP contribution in [0.15, 0.2) is 29.1 Å². The van der Waals surface area contributed by atoms with Crippen molar-refractivity contribution in [3.05, 3.63) is 46.0 Å². The van der Waals surface area contributed by atoms with Gasteiger partial charge in [0.25, 0.3) is 5.56 Å². The van der Waals surface area contributed by atoms with Crippen LogP contribution in [-0.2, 0) is 11.3 Å². The number of H-pyrrole nitrogens is 1. The fraction of sp³-hybridized carbons (Fsp3) is 0.524. The average molecular weight is 428 g/mol. The van der Waals surface area contributed by atoms with Crippen molar-refractivity contribution in [1.82, 2.24) is 35.0 Å². The number of hydrogen-bond donors (Lipinski definition) is 1. The second-order valence-corrected chi connectivity index (χ2v) is 7.73. The van der Waals surface area contributed by atoms with Crippen LogP contribution in [0.3, 0.4) is 0 Å². The first kappa shape index (κ1) is 21.4. The van der Waals surface area contributed by atoms with Crippen LogP contribution in [0.4, 0.5) is 0 Å². The third-order valence-corrected chi connectivity index (χ3v) is 5.66. The minimum Gasteiger partial charge on any atom is -0.494 e. The molecule has 10 heteroatoms. The maximum Gasteiger partial charge on any atom is 0.253 e. The van der Waals surface area contributed by atoms with Crippen LogP contribution in [-0.4, -0.2) is 88.5 Å². The molecule has 1 aliphatic rings. The van der Waals surface area contributed by atoms with Gasteiger partial charge in [0.1, 0.15) is 11.8 Å². The summed E-state index contributed by atoms with van der Waals surface area (Å²) in [5, 5.41) is 13.3. The summed E-state index contributed by atoms with van der Waals surface area (Å²) in [6, 6.07) is 7.27. The van der Waals surface area contributed by atoms with Crippen molar-refractivity contribution in [2.24, 2.45) is 0 Å². The summed E-state index contributed by atoms with van der Waals surface area (Å²) in [5.41, 5.74) is 1.26. The fourth-order valence-corrected chi connectivity index (χ4v) is 3.98. The number of ether oxygens (including phenoxy) is 2. The average Bonchev–Trinajstić information content (AvgIpc) is 3.22. The zero-order chi connectivity index (χ0) is 21.8. The predicted molar refractivity (Wildman–Crippen MR) is 116 cm³/mol. The van der Waals surface area contributed by atoms with Crippen LogP contribution in [0.5, 0.6) is 5.75 Å². The molecule has 1 saturated heterocycles. The molecule has 0 saturated carbocycles. The number of aromatic nitrogens is 5. The van der Waals surface area contributed by atoms with Gasteiger partial charge in [-0.25, -0.2) is 4.68 Å². The van der Waals surface area contributed by atoms with Gasteiger partial charge < -0.3 is 19.4 Å². The summed E-state index contributed by atoms with van der Waals surface area (Å²) < 4.78 is 12.6. The molecule has 0 aliphatic carbocycles. The van der Waals surface area contributed by atoms with Gasteiger partial charge in [0.2, 0.25) is 0 Å². The molecule has 3 aromatic rings. The summed E-state index contributed by atoms with van der Waals surface area (Å²) in [6.45, 7) is 6.99. The highest BCUT2D eigenvalue weighted by molar-refractivity contribution is 5.80. The number of hydrogen-bond acceptors (Lipinski definition) is 8. The quantitative estimate of drug-likeness (QED) is 0.566. The van der Waals surface area contributed by atoms with Gasteiger partial charge in [-0.1, -0.05) is 0 Å². The number of pyridine rings is 1. The highest BCUT2D eigenvalue weighted by atomic mass is 16.5. The van der Waals surface area contributed by atoms with Crippen LogP contribution < -0.4 is 10.3 Å². The van der Waals surface area contributed by atoms with Crippen molar-refractivity contribution in [1.29, 1.82) is 0 Å². The third-order valence-electron chi connectivity index (χ3n) is 5.66. The molecule has 1 aliphatic heterocycles. The zero-order valence-electron chi connectivity index (χ0n) is 18.2. The standard InChI is InChI=1S/C21H29N7O3/c1-4-31-16-5-6-18-15(13-16)14-17(21(29)22-18)19(27-9-7-26(2)8-10-27)20-23-24-25-28(20)11-12-30-3/h5-6,13-14,19H,4,7-12H2,1-3H3,(H,22,29). The third kappa shape index (κ3) is 4.60. The lowest BCUT2D eigenvalue weighted by molar-refractivity contribution is 0.119. The lowest BCUT2D eigenvalue weighted by Crippen LogP contribution is -2.47. The van der Waals surface area contributed by atoms with E-state index in [9.17, 15) is 4.79 Å². The number of fused-ring (bicyclic) bond motifs is 1. The van der Waals surface area contributed by atoms with E-state index >= 15 is 0 Å². The fourth-order valence-electron chi connectivity index (χ4n) is 3.98. The predicted octanol–water partition coefficient (Wildman–Crippen LogP) is 0.897. The van der Waals surface area contributed by atoms with E-state index in [1.54, 1.807) is 11.8 Å². The first-order chi connectivity index (χ1) is 15.1. The van der Waals surface area contributed by atoms with Gasteiger partial charge in [0.15, 0.2) is 5.82 Å². The molecular formula is C21H29N7O3. The van der Waals surface area contributed by atoms with Crippen molar-refractivity contribution >= 4 is 10.9 Å². The Labute approximate surface area is 180 Å². The molecule has 4 rings (SSSR count). The van der Waals surface area contributed by atoms with Gasteiger partial charge in [0, 0.05) is 49.8 Å². The molecule has 166 valence electrons. The summed E-state index contributed by atoms with van der Waals surface area (Å²) in [7, 11) is 3.75.